The van der Waals surface area contributed by atoms with E-state index < -0.39 is 11.5 Å². The summed E-state index contributed by atoms with van der Waals surface area (Å²) in [5.74, 6) is -0.328. The number of anilines is 2. The van der Waals surface area contributed by atoms with Gasteiger partial charge in [-0.25, -0.2) is 9.78 Å². The molecule has 0 saturated heterocycles. The molecular weight excluding hydrogens is 510 g/mol. The lowest BCUT2D eigenvalue weighted by Crippen LogP contribution is -2.18. The molecule has 0 aliphatic rings. The van der Waals surface area contributed by atoms with Crippen molar-refractivity contribution in [3.63, 3.8) is 0 Å². The normalized spacial score (nSPS) is 10.8. The number of aromatic nitrogens is 3. The van der Waals surface area contributed by atoms with Crippen LogP contribution in [0.25, 0.3) is 21.8 Å². The second-order valence-electron chi connectivity index (χ2n) is 6.95. The molecule has 1 amide bonds. The molecule has 0 fully saturated rings. The zero-order valence-electron chi connectivity index (χ0n) is 19.4. The SMILES string of the molecule is COCCOc1c(-c2c(OC)cccc2OC)cc(C(=O)Nc2nnc(-c3ncsc3N)s2)oc1=O. The zero-order valence-corrected chi connectivity index (χ0v) is 21.0. The fraction of sp³-hybridized carbons (Fsp3) is 0.227. The molecular formula is C22H21N5O7S2. The molecule has 0 aliphatic heterocycles. The van der Waals surface area contributed by atoms with Crippen molar-refractivity contribution in [1.29, 1.82) is 0 Å². The van der Waals surface area contributed by atoms with E-state index in [0.29, 0.717) is 32.8 Å². The first-order valence-electron chi connectivity index (χ1n) is 10.3. The number of thiazole rings is 1. The van der Waals surface area contributed by atoms with Crippen LogP contribution in [-0.4, -0.2) is 55.6 Å². The fourth-order valence-electron chi connectivity index (χ4n) is 3.20. The largest absolute Gasteiger partial charge is 0.496 e. The van der Waals surface area contributed by atoms with Crippen LogP contribution in [0, 0.1) is 0 Å². The van der Waals surface area contributed by atoms with Crippen molar-refractivity contribution in [3.8, 4) is 39.1 Å². The first kappa shape index (κ1) is 25.1. The maximum atomic E-state index is 13.0. The van der Waals surface area contributed by atoms with Gasteiger partial charge in [0.15, 0.2) is 10.8 Å². The number of methoxy groups -OCH3 is 3. The summed E-state index contributed by atoms with van der Waals surface area (Å²) in [5.41, 5.74) is 7.74. The van der Waals surface area contributed by atoms with E-state index in [1.54, 1.807) is 23.7 Å². The number of nitrogen functional groups attached to an aromatic ring is 1. The zero-order chi connectivity index (χ0) is 25.7. The van der Waals surface area contributed by atoms with Gasteiger partial charge in [0.05, 0.1) is 31.9 Å². The van der Waals surface area contributed by atoms with Crippen molar-refractivity contribution >= 4 is 38.7 Å². The van der Waals surface area contributed by atoms with Crippen molar-refractivity contribution in [2.45, 2.75) is 0 Å². The standard InChI is InChI=1S/C22H21N5O7S2/c1-30-7-8-33-17-11(15-12(31-2)5-4-6-13(15)32-3)9-14(34-21(17)29)19(28)25-22-27-26-20(36-22)16-18(23)35-10-24-16/h4-6,9-10H,7-8,23H2,1-3H3,(H,25,27,28). The van der Waals surface area contributed by atoms with Crippen LogP contribution in [0.5, 0.6) is 17.2 Å². The number of benzene rings is 1. The Labute approximate surface area is 212 Å². The Bertz CT molecular complexity index is 1410. The van der Waals surface area contributed by atoms with Crippen LogP contribution >= 0.6 is 22.7 Å². The summed E-state index contributed by atoms with van der Waals surface area (Å²) in [6, 6.07) is 6.49. The van der Waals surface area contributed by atoms with E-state index in [9.17, 15) is 9.59 Å². The van der Waals surface area contributed by atoms with E-state index in [1.165, 1.54) is 38.7 Å². The molecule has 12 nitrogen and oxygen atoms in total. The molecule has 0 spiro atoms. The third-order valence-electron chi connectivity index (χ3n) is 4.81. The summed E-state index contributed by atoms with van der Waals surface area (Å²) >= 11 is 2.34. The van der Waals surface area contributed by atoms with Gasteiger partial charge in [-0.3, -0.25) is 10.1 Å². The molecule has 0 bridgehead atoms. The van der Waals surface area contributed by atoms with Crippen LogP contribution in [-0.2, 0) is 4.74 Å². The van der Waals surface area contributed by atoms with Crippen LogP contribution in [0.3, 0.4) is 0 Å². The van der Waals surface area contributed by atoms with E-state index in [1.807, 2.05) is 0 Å². The van der Waals surface area contributed by atoms with Crippen LogP contribution < -0.4 is 30.9 Å². The first-order valence-corrected chi connectivity index (χ1v) is 12.0. The minimum Gasteiger partial charge on any atom is -0.496 e. The van der Waals surface area contributed by atoms with Crippen LogP contribution in [0.15, 0.2) is 39.0 Å². The topological polar surface area (TPSA) is 161 Å². The van der Waals surface area contributed by atoms with E-state index in [0.717, 1.165) is 11.3 Å². The molecule has 4 aromatic rings. The van der Waals surface area contributed by atoms with Gasteiger partial charge in [-0.15, -0.1) is 21.5 Å². The second-order valence-corrected chi connectivity index (χ2v) is 8.82. The van der Waals surface area contributed by atoms with Gasteiger partial charge in [0, 0.05) is 12.7 Å². The molecule has 14 heteroatoms. The Hall–Kier alpha value is -4.01. The quantitative estimate of drug-likeness (QED) is 0.289. The van der Waals surface area contributed by atoms with Gasteiger partial charge in [0.25, 0.3) is 5.91 Å². The highest BCUT2D eigenvalue weighted by molar-refractivity contribution is 7.19. The number of hydrogen-bond donors (Lipinski definition) is 2. The molecule has 4 rings (SSSR count). The number of amides is 1. The van der Waals surface area contributed by atoms with E-state index in [-0.39, 0.29) is 35.4 Å². The van der Waals surface area contributed by atoms with Crippen LogP contribution in [0.4, 0.5) is 10.1 Å². The molecule has 0 saturated carbocycles. The molecule has 1 aromatic carbocycles. The highest BCUT2D eigenvalue weighted by atomic mass is 32.1. The average molecular weight is 532 g/mol. The first-order chi connectivity index (χ1) is 17.5. The van der Waals surface area contributed by atoms with Gasteiger partial charge >= 0.3 is 5.63 Å². The lowest BCUT2D eigenvalue weighted by molar-refractivity contribution is 0.0990. The molecule has 3 heterocycles. The second kappa shape index (κ2) is 11.2. The summed E-state index contributed by atoms with van der Waals surface area (Å²) in [6.45, 7) is 0.303. The molecule has 0 radical (unpaired) electrons. The maximum Gasteiger partial charge on any atom is 0.379 e. The highest BCUT2D eigenvalue weighted by Gasteiger charge is 2.25. The summed E-state index contributed by atoms with van der Waals surface area (Å²) in [7, 11) is 4.46. The lowest BCUT2D eigenvalue weighted by atomic mass is 10.0. The Balaban J connectivity index is 1.73. The number of nitrogens with one attached hydrogen (secondary N) is 1. The molecule has 0 atom stereocenters. The molecule has 0 aliphatic carbocycles. The fourth-order valence-corrected chi connectivity index (χ4v) is 4.55. The van der Waals surface area contributed by atoms with E-state index >= 15 is 0 Å². The summed E-state index contributed by atoms with van der Waals surface area (Å²) in [4.78, 5) is 30.1. The Morgan fingerprint density at radius 3 is 2.53 bits per heavy atom. The van der Waals surface area contributed by atoms with Gasteiger partial charge in [-0.05, 0) is 18.2 Å². The van der Waals surface area contributed by atoms with Crippen molar-refractivity contribution in [3.05, 3.63) is 46.0 Å². The minimum absolute atomic E-state index is 0.0740. The van der Waals surface area contributed by atoms with Crippen molar-refractivity contribution in [2.75, 3.05) is 45.6 Å². The van der Waals surface area contributed by atoms with E-state index in [2.05, 4.69) is 20.5 Å². The molecule has 0 unspecified atom stereocenters. The summed E-state index contributed by atoms with van der Waals surface area (Å²) < 4.78 is 26.9. The number of carbonyl (C=O) groups is 1. The summed E-state index contributed by atoms with van der Waals surface area (Å²) in [5, 5.41) is 11.6. The average Bonchev–Trinajstić information content (AvgIpc) is 3.52. The minimum atomic E-state index is -0.866. The van der Waals surface area contributed by atoms with Gasteiger partial charge in [-0.2, -0.15) is 0 Å². The molecule has 36 heavy (non-hydrogen) atoms. The third kappa shape index (κ3) is 5.15. The van der Waals surface area contributed by atoms with E-state index in [4.69, 9.17) is 29.1 Å². The van der Waals surface area contributed by atoms with Crippen molar-refractivity contribution in [1.82, 2.24) is 15.2 Å². The predicted octanol–water partition coefficient (Wildman–Crippen LogP) is 3.16. The lowest BCUT2D eigenvalue weighted by Gasteiger charge is -2.16. The monoisotopic (exact) mass is 531 g/mol. The number of rotatable bonds is 10. The number of nitrogens with two attached hydrogens (primary N) is 1. The van der Waals surface area contributed by atoms with Crippen LogP contribution in [0.2, 0.25) is 0 Å². The maximum absolute atomic E-state index is 13.0. The predicted molar refractivity (Wildman–Crippen MR) is 134 cm³/mol. The third-order valence-corrected chi connectivity index (χ3v) is 6.31. The highest BCUT2D eigenvalue weighted by Crippen LogP contribution is 2.42. The smallest absolute Gasteiger partial charge is 0.379 e. The van der Waals surface area contributed by atoms with Crippen LogP contribution in [0.1, 0.15) is 10.6 Å². The number of carbonyl (C=O) groups excluding carboxylic acids is 1. The Morgan fingerprint density at radius 1 is 1.14 bits per heavy atom. The number of ether oxygens (including phenoxy) is 4. The van der Waals surface area contributed by atoms with Crippen molar-refractivity contribution < 1.29 is 28.2 Å². The van der Waals surface area contributed by atoms with Gasteiger partial charge in [0.1, 0.15) is 28.8 Å². The Kier molecular flexibility index (Phi) is 7.77. The Morgan fingerprint density at radius 2 is 1.89 bits per heavy atom. The van der Waals surface area contributed by atoms with Crippen molar-refractivity contribution in [2.24, 2.45) is 0 Å². The molecule has 3 N–H and O–H groups in total. The molecule has 3 aromatic heterocycles. The summed E-state index contributed by atoms with van der Waals surface area (Å²) in [6.07, 6.45) is 0. The van der Waals surface area contributed by atoms with Gasteiger partial charge < -0.3 is 29.1 Å². The van der Waals surface area contributed by atoms with Gasteiger partial charge in [0.2, 0.25) is 10.9 Å². The van der Waals surface area contributed by atoms with Gasteiger partial charge in [-0.1, -0.05) is 17.4 Å². The molecule has 188 valence electrons. The number of nitrogens with zero attached hydrogens (tertiary/aromatic N) is 3. The number of hydrogen-bond acceptors (Lipinski definition) is 13.